The van der Waals surface area contributed by atoms with Crippen molar-refractivity contribution in [1.82, 2.24) is 20.4 Å². The lowest BCUT2D eigenvalue weighted by atomic mass is 10.0. The van der Waals surface area contributed by atoms with E-state index in [1.54, 1.807) is 0 Å². The Bertz CT molecular complexity index is 405. The molecule has 0 radical (unpaired) electrons. The maximum atomic E-state index is 4.43. The van der Waals surface area contributed by atoms with E-state index in [9.17, 15) is 0 Å². The highest BCUT2D eigenvalue weighted by Crippen LogP contribution is 2.26. The van der Waals surface area contributed by atoms with E-state index in [1.165, 1.54) is 71.0 Å². The van der Waals surface area contributed by atoms with Gasteiger partial charge in [-0.2, -0.15) is 0 Å². The van der Waals surface area contributed by atoms with E-state index < -0.39 is 0 Å². The molecule has 24 heavy (non-hydrogen) atoms. The lowest BCUT2D eigenvalue weighted by molar-refractivity contribution is 0.163. The van der Waals surface area contributed by atoms with E-state index in [2.05, 4.69) is 32.3 Å². The summed E-state index contributed by atoms with van der Waals surface area (Å²) in [6.07, 6.45) is 11.0. The van der Waals surface area contributed by atoms with Gasteiger partial charge in [-0.1, -0.05) is 19.3 Å². The summed E-state index contributed by atoms with van der Waals surface area (Å²) in [6, 6.07) is 2.16. The fourth-order valence-electron chi connectivity index (χ4n) is 4.70. The zero-order valence-electron chi connectivity index (χ0n) is 15.8. The van der Waals surface area contributed by atoms with Crippen LogP contribution in [0.25, 0.3) is 0 Å². The monoisotopic (exact) mass is 335 g/mol. The molecule has 5 nitrogen and oxygen atoms in total. The van der Waals surface area contributed by atoms with E-state index in [4.69, 9.17) is 0 Å². The fourth-order valence-corrected chi connectivity index (χ4v) is 4.70. The third-order valence-electron chi connectivity index (χ3n) is 6.26. The number of nitrogens with one attached hydrogen (secondary N) is 2. The minimum Gasteiger partial charge on any atom is -0.355 e. The summed E-state index contributed by atoms with van der Waals surface area (Å²) < 4.78 is 0. The molecule has 2 atom stereocenters. The van der Waals surface area contributed by atoms with Gasteiger partial charge in [0.1, 0.15) is 0 Å². The van der Waals surface area contributed by atoms with Crippen molar-refractivity contribution in [2.75, 3.05) is 39.8 Å². The number of rotatable bonds is 5. The molecule has 5 heteroatoms. The van der Waals surface area contributed by atoms with E-state index in [1.807, 2.05) is 7.05 Å². The summed E-state index contributed by atoms with van der Waals surface area (Å²) >= 11 is 0. The molecular weight excluding hydrogens is 298 g/mol. The zero-order chi connectivity index (χ0) is 16.8. The molecule has 0 aromatic rings. The van der Waals surface area contributed by atoms with Crippen LogP contribution in [0.1, 0.15) is 58.3 Å². The fraction of sp³-hybridized carbons (Fsp3) is 0.947. The lowest BCUT2D eigenvalue weighted by Gasteiger charge is -2.33. The highest BCUT2D eigenvalue weighted by molar-refractivity contribution is 5.80. The molecule has 2 aliphatic heterocycles. The van der Waals surface area contributed by atoms with Gasteiger partial charge in [-0.3, -0.25) is 14.8 Å². The quantitative estimate of drug-likeness (QED) is 0.596. The van der Waals surface area contributed by atoms with Crippen LogP contribution < -0.4 is 10.6 Å². The lowest BCUT2D eigenvalue weighted by Crippen LogP contribution is -2.48. The number of likely N-dealkylation sites (tertiary alicyclic amines) is 2. The Morgan fingerprint density at radius 3 is 2.58 bits per heavy atom. The maximum absolute atomic E-state index is 4.43. The molecule has 1 saturated carbocycles. The van der Waals surface area contributed by atoms with Crippen molar-refractivity contribution in [3.63, 3.8) is 0 Å². The van der Waals surface area contributed by atoms with E-state index in [-0.39, 0.29) is 0 Å². The van der Waals surface area contributed by atoms with E-state index in [0.717, 1.165) is 31.1 Å². The van der Waals surface area contributed by atoms with Crippen molar-refractivity contribution in [1.29, 1.82) is 0 Å². The molecule has 0 aromatic carbocycles. The molecule has 2 unspecified atom stereocenters. The number of hydrogen-bond donors (Lipinski definition) is 2. The third kappa shape index (κ3) is 4.85. The van der Waals surface area contributed by atoms with Crippen molar-refractivity contribution in [2.24, 2.45) is 4.99 Å². The van der Waals surface area contributed by atoms with Gasteiger partial charge in [-0.25, -0.2) is 0 Å². The standard InChI is InChI=1S/C19H37N5/c1-16-7-5-6-12-23(16)14-11-21-19(20-2)22-17-10-13-24(15-17)18-8-3-4-9-18/h16-18H,3-15H2,1-2H3,(H2,20,21,22). The molecule has 0 bridgehead atoms. The molecule has 3 rings (SSSR count). The molecule has 3 fully saturated rings. The van der Waals surface area contributed by atoms with Crippen LogP contribution >= 0.6 is 0 Å². The van der Waals surface area contributed by atoms with E-state index >= 15 is 0 Å². The van der Waals surface area contributed by atoms with Crippen LogP contribution in [0, 0.1) is 0 Å². The molecule has 3 aliphatic rings. The van der Waals surface area contributed by atoms with Gasteiger partial charge in [0.25, 0.3) is 0 Å². The van der Waals surface area contributed by atoms with Gasteiger partial charge in [0, 0.05) is 51.4 Å². The number of hydrogen-bond acceptors (Lipinski definition) is 3. The summed E-state index contributed by atoms with van der Waals surface area (Å²) in [5.41, 5.74) is 0. The molecule has 2 saturated heterocycles. The Balaban J connectivity index is 1.36. The van der Waals surface area contributed by atoms with Crippen molar-refractivity contribution < 1.29 is 0 Å². The molecule has 2 heterocycles. The maximum Gasteiger partial charge on any atom is 0.191 e. The highest BCUT2D eigenvalue weighted by Gasteiger charge is 2.30. The van der Waals surface area contributed by atoms with Crippen LogP contribution in [0.4, 0.5) is 0 Å². The summed E-state index contributed by atoms with van der Waals surface area (Å²) in [5, 5.41) is 7.17. The van der Waals surface area contributed by atoms with Crippen molar-refractivity contribution in [2.45, 2.75) is 76.4 Å². The molecule has 0 amide bonds. The number of guanidine groups is 1. The first-order valence-electron chi connectivity index (χ1n) is 10.2. The summed E-state index contributed by atoms with van der Waals surface area (Å²) in [6.45, 7) is 8.18. The average molecular weight is 336 g/mol. The molecule has 0 aromatic heterocycles. The van der Waals surface area contributed by atoms with Gasteiger partial charge < -0.3 is 10.6 Å². The number of piperidine rings is 1. The molecule has 138 valence electrons. The number of nitrogens with zero attached hydrogens (tertiary/aromatic N) is 3. The summed E-state index contributed by atoms with van der Waals surface area (Å²) in [5.74, 6) is 0.984. The second kappa shape index (κ2) is 9.04. The minimum absolute atomic E-state index is 0.561. The first-order valence-corrected chi connectivity index (χ1v) is 10.2. The summed E-state index contributed by atoms with van der Waals surface area (Å²) in [4.78, 5) is 9.75. The van der Waals surface area contributed by atoms with Gasteiger partial charge in [0.05, 0.1) is 0 Å². The Morgan fingerprint density at radius 2 is 1.83 bits per heavy atom. The molecular formula is C19H37N5. The average Bonchev–Trinajstić information content (AvgIpc) is 3.26. The van der Waals surface area contributed by atoms with Crippen LogP contribution in [0.2, 0.25) is 0 Å². The van der Waals surface area contributed by atoms with Crippen molar-refractivity contribution in [3.05, 3.63) is 0 Å². The van der Waals surface area contributed by atoms with E-state index in [0.29, 0.717) is 6.04 Å². The SMILES string of the molecule is CN=C(NCCN1CCCCC1C)NC1CCN(C2CCCC2)C1. The molecule has 0 spiro atoms. The van der Waals surface area contributed by atoms with Crippen LogP contribution in [0.15, 0.2) is 4.99 Å². The second-order valence-electron chi connectivity index (χ2n) is 7.94. The smallest absolute Gasteiger partial charge is 0.191 e. The van der Waals surface area contributed by atoms with Gasteiger partial charge in [0.15, 0.2) is 5.96 Å². The van der Waals surface area contributed by atoms with Crippen LogP contribution in [0.3, 0.4) is 0 Å². The Kier molecular flexibility index (Phi) is 6.78. The highest BCUT2D eigenvalue weighted by atomic mass is 15.3. The van der Waals surface area contributed by atoms with Crippen LogP contribution in [-0.4, -0.2) is 73.7 Å². The van der Waals surface area contributed by atoms with Gasteiger partial charge in [-0.05, 0) is 45.6 Å². The van der Waals surface area contributed by atoms with Crippen LogP contribution in [-0.2, 0) is 0 Å². The first-order chi connectivity index (χ1) is 11.8. The number of aliphatic imine (C=N–C) groups is 1. The second-order valence-corrected chi connectivity index (χ2v) is 7.94. The zero-order valence-corrected chi connectivity index (χ0v) is 15.8. The van der Waals surface area contributed by atoms with Gasteiger partial charge in [-0.15, -0.1) is 0 Å². The van der Waals surface area contributed by atoms with Crippen LogP contribution in [0.5, 0.6) is 0 Å². The van der Waals surface area contributed by atoms with Crippen molar-refractivity contribution in [3.8, 4) is 0 Å². The predicted octanol–water partition coefficient (Wildman–Crippen LogP) is 2.04. The summed E-state index contributed by atoms with van der Waals surface area (Å²) in [7, 11) is 1.89. The largest absolute Gasteiger partial charge is 0.355 e. The Hall–Kier alpha value is -0.810. The van der Waals surface area contributed by atoms with Crippen molar-refractivity contribution >= 4 is 5.96 Å². The first kappa shape index (κ1) is 18.0. The molecule has 2 N–H and O–H groups in total. The Morgan fingerprint density at radius 1 is 1.04 bits per heavy atom. The normalized spacial score (nSPS) is 30.8. The topological polar surface area (TPSA) is 42.9 Å². The Labute approximate surface area is 148 Å². The minimum atomic E-state index is 0.561. The molecule has 1 aliphatic carbocycles. The predicted molar refractivity (Wildman–Crippen MR) is 102 cm³/mol. The third-order valence-corrected chi connectivity index (χ3v) is 6.26. The van der Waals surface area contributed by atoms with Gasteiger partial charge >= 0.3 is 0 Å². The van der Waals surface area contributed by atoms with Gasteiger partial charge in [0.2, 0.25) is 0 Å².